The molecule has 0 aromatic rings. The molecule has 156 valence electrons. The zero-order valence-corrected chi connectivity index (χ0v) is 13.2. The predicted octanol–water partition coefficient (Wildman–Crippen LogP) is 2.16. The summed E-state index contributed by atoms with van der Waals surface area (Å²) in [4.78, 5) is 0. The molecule has 0 rings (SSSR count). The minimum absolute atomic E-state index is 0. The van der Waals surface area contributed by atoms with Gasteiger partial charge in [-0.15, -0.1) is 0 Å². The Bertz CT molecular complexity index is 216. The molecule has 0 heterocycles. The minimum Gasteiger partial charge on any atom is -0.387 e. The summed E-state index contributed by atoms with van der Waals surface area (Å²) in [5, 5.41) is 29.1. The molecule has 0 aliphatic heterocycles. The zero-order chi connectivity index (χ0) is 20.8. The largest absolute Gasteiger partial charge is 0.411 e. The Morgan fingerprint density at radius 1 is 0.360 bits per heavy atom. The summed E-state index contributed by atoms with van der Waals surface area (Å²) in [5.74, 6) is 0. The van der Waals surface area contributed by atoms with Crippen LogP contribution in [0.5, 0.6) is 0 Å². The van der Waals surface area contributed by atoms with Crippen molar-refractivity contribution in [3.8, 4) is 0 Å². The molecule has 25 heavy (non-hydrogen) atoms. The molecule has 0 aromatic heterocycles. The van der Waals surface area contributed by atoms with E-state index in [0.29, 0.717) is 0 Å². The van der Waals surface area contributed by atoms with E-state index >= 15 is 0 Å². The molecule has 0 bridgehead atoms. The number of aliphatic hydroxyl groups excluding tert-OH is 4. The van der Waals surface area contributed by atoms with Crippen molar-refractivity contribution < 1.29 is 94.8 Å². The van der Waals surface area contributed by atoms with Gasteiger partial charge in [-0.3, -0.25) is 0 Å². The van der Waals surface area contributed by atoms with Crippen LogP contribution in [0.4, 0.5) is 52.7 Å². The van der Waals surface area contributed by atoms with Crippen LogP contribution >= 0.6 is 0 Å². The van der Waals surface area contributed by atoms with E-state index in [1.807, 2.05) is 0 Å². The van der Waals surface area contributed by atoms with E-state index < -0.39 is 51.1 Å². The zero-order valence-electron chi connectivity index (χ0n) is 11.7. The smallest absolute Gasteiger partial charge is 0.387 e. The standard InChI is InChI=1S/4C2H3F3O.Ti/c4*3-2(4,5)1-6;/h4*6H,1H2;. The van der Waals surface area contributed by atoms with Gasteiger partial charge in [0.1, 0.15) is 26.4 Å². The van der Waals surface area contributed by atoms with E-state index in [-0.39, 0.29) is 21.7 Å². The van der Waals surface area contributed by atoms with Crippen molar-refractivity contribution in [1.82, 2.24) is 0 Å². The summed E-state index contributed by atoms with van der Waals surface area (Å²) in [6.45, 7) is -6.92. The molecule has 4 N–H and O–H groups in total. The Balaban J connectivity index is -0.0000000702. The second-order valence-corrected chi connectivity index (χ2v) is 3.09. The van der Waals surface area contributed by atoms with Crippen molar-refractivity contribution in [2.45, 2.75) is 24.7 Å². The molecule has 0 aliphatic rings. The first kappa shape index (κ1) is 35.8. The molecule has 0 saturated carbocycles. The van der Waals surface area contributed by atoms with E-state index in [9.17, 15) is 52.7 Å². The van der Waals surface area contributed by atoms with Crippen LogP contribution in [0, 0.1) is 0 Å². The predicted molar refractivity (Wildman–Crippen MR) is 52.6 cm³/mol. The van der Waals surface area contributed by atoms with Gasteiger partial charge < -0.3 is 20.4 Å². The average molecular weight is 448 g/mol. The molecule has 4 nitrogen and oxygen atoms in total. The maximum Gasteiger partial charge on any atom is 0.411 e. The summed E-state index contributed by atoms with van der Waals surface area (Å²) in [7, 11) is 0. The van der Waals surface area contributed by atoms with E-state index in [4.69, 9.17) is 20.4 Å². The van der Waals surface area contributed by atoms with Gasteiger partial charge in [-0.2, -0.15) is 52.7 Å². The second-order valence-electron chi connectivity index (χ2n) is 3.09. The Labute approximate surface area is 146 Å². The molecule has 17 heteroatoms. The van der Waals surface area contributed by atoms with Gasteiger partial charge in [0.25, 0.3) is 0 Å². The molecule has 0 aromatic carbocycles. The van der Waals surface area contributed by atoms with Gasteiger partial charge in [0.2, 0.25) is 0 Å². The number of rotatable bonds is 0. The number of alkyl halides is 12. The monoisotopic (exact) mass is 448 g/mol. The van der Waals surface area contributed by atoms with Gasteiger partial charge >= 0.3 is 24.7 Å². The topological polar surface area (TPSA) is 80.9 Å². The van der Waals surface area contributed by atoms with E-state index in [1.54, 1.807) is 0 Å². The normalized spacial score (nSPS) is 11.5. The Morgan fingerprint density at radius 3 is 0.400 bits per heavy atom. The third-order valence-electron chi connectivity index (χ3n) is 0.717. The van der Waals surface area contributed by atoms with Crippen molar-refractivity contribution in [3.63, 3.8) is 0 Å². The second kappa shape index (κ2) is 15.9. The quantitative estimate of drug-likeness (QED) is 0.339. The number of aliphatic hydroxyl groups is 4. The summed E-state index contributed by atoms with van der Waals surface area (Å²) >= 11 is 0. The molecular weight excluding hydrogens is 436 g/mol. The molecule has 0 spiro atoms. The van der Waals surface area contributed by atoms with Crippen molar-refractivity contribution in [1.29, 1.82) is 0 Å². The third-order valence-corrected chi connectivity index (χ3v) is 0.717. The van der Waals surface area contributed by atoms with Crippen molar-refractivity contribution in [2.75, 3.05) is 26.4 Å². The van der Waals surface area contributed by atoms with E-state index in [0.717, 1.165) is 0 Å². The van der Waals surface area contributed by atoms with Gasteiger partial charge in [-0.05, 0) is 0 Å². The van der Waals surface area contributed by atoms with Crippen molar-refractivity contribution >= 4 is 0 Å². The van der Waals surface area contributed by atoms with Crippen molar-refractivity contribution in [3.05, 3.63) is 0 Å². The van der Waals surface area contributed by atoms with Crippen LogP contribution in [-0.2, 0) is 21.7 Å². The molecular formula is C8H12F12O4Ti. The maximum absolute atomic E-state index is 10.5. The first-order valence-electron chi connectivity index (χ1n) is 4.95. The summed E-state index contributed by atoms with van der Waals surface area (Å²) in [6.07, 6.45) is -17.6. The Kier molecular flexibility index (Phi) is 22.8. The molecule has 0 amide bonds. The molecule has 0 radical (unpaired) electrons. The van der Waals surface area contributed by atoms with Crippen molar-refractivity contribution in [2.24, 2.45) is 0 Å². The number of hydrogen-bond donors (Lipinski definition) is 4. The minimum atomic E-state index is -4.40. The summed E-state index contributed by atoms with van der Waals surface area (Å²) < 4.78 is 126. The molecule has 0 unspecified atom stereocenters. The fourth-order valence-electron chi connectivity index (χ4n) is 0. The molecule has 0 aliphatic carbocycles. The van der Waals surface area contributed by atoms with E-state index in [1.165, 1.54) is 0 Å². The summed E-state index contributed by atoms with van der Waals surface area (Å²) in [5.41, 5.74) is 0. The fourth-order valence-corrected chi connectivity index (χ4v) is 0. The van der Waals surface area contributed by atoms with Gasteiger partial charge in [-0.25, -0.2) is 0 Å². The molecule has 0 fully saturated rings. The van der Waals surface area contributed by atoms with Gasteiger partial charge in [0, 0.05) is 21.7 Å². The Hall–Kier alpha value is -0.286. The summed E-state index contributed by atoms with van der Waals surface area (Å²) in [6, 6.07) is 0. The van der Waals surface area contributed by atoms with Crippen LogP contribution in [0.25, 0.3) is 0 Å². The fraction of sp³-hybridized carbons (Fsp3) is 1.00. The van der Waals surface area contributed by atoms with Crippen LogP contribution in [0.3, 0.4) is 0 Å². The first-order chi connectivity index (χ1) is 10.2. The number of halogens is 12. The van der Waals surface area contributed by atoms with Crippen LogP contribution in [0.1, 0.15) is 0 Å². The van der Waals surface area contributed by atoms with Crippen LogP contribution in [0.2, 0.25) is 0 Å². The van der Waals surface area contributed by atoms with E-state index in [2.05, 4.69) is 0 Å². The SMILES string of the molecule is OCC(F)(F)F.OCC(F)(F)F.OCC(F)(F)F.OCC(F)(F)F.[Ti]. The number of hydrogen-bond acceptors (Lipinski definition) is 4. The third kappa shape index (κ3) is 81.5. The maximum atomic E-state index is 10.5. The molecule has 0 saturated heterocycles. The van der Waals surface area contributed by atoms with Gasteiger partial charge in [0.15, 0.2) is 0 Å². The first-order valence-corrected chi connectivity index (χ1v) is 4.95. The molecule has 0 atom stereocenters. The Morgan fingerprint density at radius 2 is 0.400 bits per heavy atom. The average Bonchev–Trinajstić information content (AvgIpc) is 2.37. The van der Waals surface area contributed by atoms with Gasteiger partial charge in [-0.1, -0.05) is 0 Å². The van der Waals surface area contributed by atoms with Crippen LogP contribution < -0.4 is 0 Å². The van der Waals surface area contributed by atoms with Crippen LogP contribution in [-0.4, -0.2) is 71.6 Å². The van der Waals surface area contributed by atoms with Gasteiger partial charge in [0.05, 0.1) is 0 Å². The van der Waals surface area contributed by atoms with Crippen LogP contribution in [0.15, 0.2) is 0 Å².